The molecule has 1 saturated heterocycles. The molecule has 1 N–H and O–H groups in total. The Hall–Kier alpha value is -1.46. The smallest absolute Gasteiger partial charge is 0.341 e. The molecule has 0 amide bonds. The molecule has 0 saturated carbocycles. The molecule has 2 rings (SSSR count). The first kappa shape index (κ1) is 14.9. The average molecular weight is 306 g/mol. The van der Waals surface area contributed by atoms with Crippen molar-refractivity contribution in [3.05, 3.63) is 51.3 Å². The van der Waals surface area contributed by atoms with E-state index >= 15 is 0 Å². The molecule has 0 unspecified atom stereocenters. The number of carbonyl (C=O) groups is 2. The van der Waals surface area contributed by atoms with E-state index in [1.807, 2.05) is 31.2 Å². The summed E-state index contributed by atoms with van der Waals surface area (Å²) in [5.41, 5.74) is 1.91. The van der Waals surface area contributed by atoms with Crippen LogP contribution in [0, 0.1) is 6.92 Å². The number of ketones is 1. The van der Waals surface area contributed by atoms with Crippen LogP contribution in [0.2, 0.25) is 0 Å². The highest BCUT2D eigenvalue weighted by Gasteiger charge is 2.24. The SMILES string of the molecule is Cc1ccc(C=CC(=O)C(C(=O)O)=C2SCCS2)cc1. The van der Waals surface area contributed by atoms with E-state index in [0.29, 0.717) is 4.24 Å². The summed E-state index contributed by atoms with van der Waals surface area (Å²) < 4.78 is 0.621. The maximum Gasteiger partial charge on any atom is 0.341 e. The number of hydrogen-bond acceptors (Lipinski definition) is 4. The number of rotatable bonds is 4. The normalized spacial score (nSPS) is 14.8. The van der Waals surface area contributed by atoms with E-state index in [1.54, 1.807) is 6.08 Å². The molecule has 0 aliphatic carbocycles. The Kier molecular flexibility index (Phi) is 5.09. The van der Waals surface area contributed by atoms with Gasteiger partial charge in [-0.05, 0) is 18.6 Å². The lowest BCUT2D eigenvalue weighted by Crippen LogP contribution is -2.11. The van der Waals surface area contributed by atoms with Gasteiger partial charge in [-0.3, -0.25) is 4.79 Å². The lowest BCUT2D eigenvalue weighted by Gasteiger charge is -2.01. The minimum Gasteiger partial charge on any atom is -0.477 e. The van der Waals surface area contributed by atoms with E-state index in [2.05, 4.69) is 0 Å². The van der Waals surface area contributed by atoms with Crippen LogP contribution in [-0.2, 0) is 9.59 Å². The Morgan fingerprint density at radius 1 is 1.15 bits per heavy atom. The standard InChI is InChI=1S/C15H14O3S2/c1-10-2-4-11(5-3-10)6-7-12(16)13(14(17)18)15-19-8-9-20-15/h2-7H,8-9H2,1H3,(H,17,18). The fourth-order valence-corrected chi connectivity index (χ4v) is 4.22. The molecule has 1 aromatic rings. The van der Waals surface area contributed by atoms with Crippen LogP contribution in [0.1, 0.15) is 11.1 Å². The van der Waals surface area contributed by atoms with Gasteiger partial charge < -0.3 is 5.11 Å². The molecular weight excluding hydrogens is 292 g/mol. The number of aryl methyl sites for hydroxylation is 1. The molecule has 1 heterocycles. The molecule has 1 aliphatic heterocycles. The van der Waals surface area contributed by atoms with Crippen molar-refractivity contribution in [1.82, 2.24) is 0 Å². The van der Waals surface area contributed by atoms with Crippen LogP contribution >= 0.6 is 23.5 Å². The Morgan fingerprint density at radius 3 is 2.30 bits per heavy atom. The first-order chi connectivity index (χ1) is 9.58. The van der Waals surface area contributed by atoms with Gasteiger partial charge in [0.25, 0.3) is 0 Å². The van der Waals surface area contributed by atoms with Crippen LogP contribution in [0.3, 0.4) is 0 Å². The molecular formula is C15H14O3S2. The summed E-state index contributed by atoms with van der Waals surface area (Å²) in [6.07, 6.45) is 2.98. The quantitative estimate of drug-likeness (QED) is 0.525. The van der Waals surface area contributed by atoms with Crippen LogP contribution in [-0.4, -0.2) is 28.4 Å². The first-order valence-corrected chi connectivity index (χ1v) is 8.07. The van der Waals surface area contributed by atoms with Crippen molar-refractivity contribution in [3.63, 3.8) is 0 Å². The number of allylic oxidation sites excluding steroid dienone is 1. The van der Waals surface area contributed by atoms with Crippen molar-refractivity contribution in [2.45, 2.75) is 6.92 Å². The Labute approximate surface area is 126 Å². The molecule has 1 aromatic carbocycles. The highest BCUT2D eigenvalue weighted by molar-refractivity contribution is 8.25. The summed E-state index contributed by atoms with van der Waals surface area (Å²) >= 11 is 2.88. The van der Waals surface area contributed by atoms with Gasteiger partial charge in [-0.1, -0.05) is 35.9 Å². The molecule has 0 aromatic heterocycles. The summed E-state index contributed by atoms with van der Waals surface area (Å²) in [5.74, 6) is 0.104. The zero-order chi connectivity index (χ0) is 14.5. The predicted molar refractivity (Wildman–Crippen MR) is 84.8 cm³/mol. The Morgan fingerprint density at radius 2 is 1.75 bits per heavy atom. The maximum absolute atomic E-state index is 12.1. The van der Waals surface area contributed by atoms with Crippen LogP contribution in [0.5, 0.6) is 0 Å². The second kappa shape index (κ2) is 6.81. The number of hydrogen-bond donors (Lipinski definition) is 1. The third kappa shape index (κ3) is 3.77. The largest absolute Gasteiger partial charge is 0.477 e. The molecule has 5 heteroatoms. The van der Waals surface area contributed by atoms with Crippen molar-refractivity contribution in [2.24, 2.45) is 0 Å². The number of benzene rings is 1. The van der Waals surface area contributed by atoms with E-state index in [1.165, 1.54) is 29.6 Å². The topological polar surface area (TPSA) is 54.4 Å². The van der Waals surface area contributed by atoms with Crippen LogP contribution in [0.4, 0.5) is 0 Å². The highest BCUT2D eigenvalue weighted by Crippen LogP contribution is 2.39. The van der Waals surface area contributed by atoms with Gasteiger partial charge in [0.15, 0.2) is 5.78 Å². The van der Waals surface area contributed by atoms with Crippen LogP contribution < -0.4 is 0 Å². The Bertz CT molecular complexity index is 578. The van der Waals surface area contributed by atoms with Gasteiger partial charge in [0.1, 0.15) is 5.57 Å². The van der Waals surface area contributed by atoms with Gasteiger partial charge in [0, 0.05) is 11.5 Å². The summed E-state index contributed by atoms with van der Waals surface area (Å²) in [4.78, 5) is 23.3. The summed E-state index contributed by atoms with van der Waals surface area (Å²) in [6, 6.07) is 7.68. The molecule has 104 valence electrons. The van der Waals surface area contributed by atoms with E-state index in [9.17, 15) is 14.7 Å². The Balaban J connectivity index is 2.19. The first-order valence-electron chi connectivity index (χ1n) is 6.10. The van der Waals surface area contributed by atoms with E-state index in [0.717, 1.165) is 22.6 Å². The molecule has 0 bridgehead atoms. The third-order valence-electron chi connectivity index (χ3n) is 2.72. The molecule has 1 aliphatic rings. The molecule has 0 spiro atoms. The van der Waals surface area contributed by atoms with Gasteiger partial charge in [0.2, 0.25) is 0 Å². The van der Waals surface area contributed by atoms with Crippen LogP contribution in [0.25, 0.3) is 6.08 Å². The van der Waals surface area contributed by atoms with Crippen molar-refractivity contribution >= 4 is 41.4 Å². The molecule has 0 atom stereocenters. The maximum atomic E-state index is 12.1. The van der Waals surface area contributed by atoms with E-state index in [-0.39, 0.29) is 5.57 Å². The lowest BCUT2D eigenvalue weighted by molar-refractivity contribution is -0.134. The number of carboxylic acid groups (broad SMARTS) is 1. The summed E-state index contributed by atoms with van der Waals surface area (Å²) in [5, 5.41) is 9.20. The van der Waals surface area contributed by atoms with Crippen molar-refractivity contribution in [1.29, 1.82) is 0 Å². The minimum atomic E-state index is -1.15. The van der Waals surface area contributed by atoms with Crippen molar-refractivity contribution in [2.75, 3.05) is 11.5 Å². The van der Waals surface area contributed by atoms with Crippen molar-refractivity contribution < 1.29 is 14.7 Å². The average Bonchev–Trinajstić information content (AvgIpc) is 2.91. The number of carboxylic acids is 1. The van der Waals surface area contributed by atoms with Gasteiger partial charge in [0.05, 0.1) is 4.24 Å². The second-order valence-corrected chi connectivity index (χ2v) is 6.74. The number of aliphatic carboxylic acids is 1. The van der Waals surface area contributed by atoms with E-state index in [4.69, 9.17) is 0 Å². The van der Waals surface area contributed by atoms with Gasteiger partial charge in [-0.25, -0.2) is 4.79 Å². The molecule has 1 fully saturated rings. The van der Waals surface area contributed by atoms with Gasteiger partial charge >= 0.3 is 5.97 Å². The fourth-order valence-electron chi connectivity index (χ4n) is 1.68. The van der Waals surface area contributed by atoms with E-state index < -0.39 is 11.8 Å². The monoisotopic (exact) mass is 306 g/mol. The number of thioether (sulfide) groups is 2. The highest BCUT2D eigenvalue weighted by atomic mass is 32.2. The zero-order valence-electron chi connectivity index (χ0n) is 11.0. The third-order valence-corrected chi connectivity index (χ3v) is 5.43. The lowest BCUT2D eigenvalue weighted by atomic mass is 10.1. The molecule has 0 radical (unpaired) electrons. The fraction of sp³-hybridized carbons (Fsp3) is 0.200. The minimum absolute atomic E-state index is 0.110. The summed E-state index contributed by atoms with van der Waals surface area (Å²) in [7, 11) is 0. The van der Waals surface area contributed by atoms with Crippen molar-refractivity contribution in [3.8, 4) is 0 Å². The zero-order valence-corrected chi connectivity index (χ0v) is 12.6. The second-order valence-electron chi connectivity index (χ2n) is 4.27. The summed E-state index contributed by atoms with van der Waals surface area (Å²) in [6.45, 7) is 1.99. The van der Waals surface area contributed by atoms with Gasteiger partial charge in [-0.15, -0.1) is 23.5 Å². The predicted octanol–water partition coefficient (Wildman–Crippen LogP) is 3.35. The molecule has 20 heavy (non-hydrogen) atoms. The van der Waals surface area contributed by atoms with Crippen LogP contribution in [0.15, 0.2) is 40.2 Å². The van der Waals surface area contributed by atoms with Gasteiger partial charge in [-0.2, -0.15) is 0 Å². The number of carbonyl (C=O) groups excluding carboxylic acids is 1. The molecule has 3 nitrogen and oxygen atoms in total.